The molecular formula is C24H27Cl2IN4O5. The molecule has 36 heavy (non-hydrogen) atoms. The van der Waals surface area contributed by atoms with E-state index >= 15 is 0 Å². The van der Waals surface area contributed by atoms with E-state index in [2.05, 4.69) is 32.6 Å². The zero-order valence-corrected chi connectivity index (χ0v) is 24.3. The molecule has 0 unspecified atom stereocenters. The Labute approximate surface area is 233 Å². The van der Waals surface area contributed by atoms with Crippen molar-refractivity contribution in [3.8, 4) is 0 Å². The molecule has 9 nitrogen and oxygen atoms in total. The number of hydrogen-bond donors (Lipinski definition) is 0. The monoisotopic (exact) mass is 648 g/mol. The molecular weight excluding hydrogens is 622 g/mol. The molecule has 0 aliphatic heterocycles. The van der Waals surface area contributed by atoms with Crippen LogP contribution in [0.1, 0.15) is 48.1 Å². The van der Waals surface area contributed by atoms with Crippen LogP contribution in [0.3, 0.4) is 0 Å². The van der Waals surface area contributed by atoms with Crippen molar-refractivity contribution in [2.24, 2.45) is 0 Å². The smallest absolute Gasteiger partial charge is 0.414 e. The lowest BCUT2D eigenvalue weighted by atomic mass is 10.0. The van der Waals surface area contributed by atoms with Gasteiger partial charge in [-0.1, -0.05) is 45.8 Å². The molecule has 3 aromatic rings. The van der Waals surface area contributed by atoms with Crippen LogP contribution in [0, 0.1) is 0 Å². The number of carbonyl (C=O) groups is 2. The number of ether oxygens (including phenoxy) is 3. The third-order valence-electron chi connectivity index (χ3n) is 5.09. The van der Waals surface area contributed by atoms with Crippen LogP contribution >= 0.6 is 45.8 Å². The number of alkyl halides is 1. The molecule has 0 radical (unpaired) electrons. The van der Waals surface area contributed by atoms with Gasteiger partial charge in [0.05, 0.1) is 23.0 Å². The second-order valence-electron chi connectivity index (χ2n) is 8.90. The molecule has 0 N–H and O–H groups in total. The normalized spacial score (nSPS) is 11.7. The Morgan fingerprint density at radius 2 is 1.92 bits per heavy atom. The zero-order chi connectivity index (χ0) is 26.6. The van der Waals surface area contributed by atoms with Gasteiger partial charge in [0.1, 0.15) is 23.2 Å². The lowest BCUT2D eigenvalue weighted by molar-refractivity contribution is -0.0399. The van der Waals surface area contributed by atoms with E-state index in [0.717, 1.165) is 5.56 Å². The number of fused-ring (bicyclic) bond motifs is 1. The highest BCUT2D eigenvalue weighted by Crippen LogP contribution is 2.31. The molecule has 0 aliphatic rings. The Hall–Kier alpha value is -1.99. The molecule has 0 bridgehead atoms. The van der Waals surface area contributed by atoms with Gasteiger partial charge in [-0.15, -0.1) is 0 Å². The van der Waals surface area contributed by atoms with Crippen molar-refractivity contribution >= 4 is 69.0 Å². The molecule has 0 aromatic carbocycles. The van der Waals surface area contributed by atoms with Gasteiger partial charge in [-0.25, -0.2) is 9.78 Å². The highest BCUT2D eigenvalue weighted by atomic mass is 127. The van der Waals surface area contributed by atoms with E-state index in [1.807, 2.05) is 0 Å². The van der Waals surface area contributed by atoms with E-state index in [1.54, 1.807) is 46.1 Å². The number of Topliss-reactive ketones (excluding diaryl/α,β-unsaturated/α-hetero) is 1. The summed E-state index contributed by atoms with van der Waals surface area (Å²) < 4.78 is 18.0. The van der Waals surface area contributed by atoms with Crippen molar-refractivity contribution in [1.82, 2.24) is 14.4 Å². The molecule has 0 fully saturated rings. The van der Waals surface area contributed by atoms with Gasteiger partial charge < -0.3 is 14.2 Å². The number of amides is 1. The van der Waals surface area contributed by atoms with Crippen LogP contribution in [-0.2, 0) is 31.7 Å². The van der Waals surface area contributed by atoms with Crippen LogP contribution in [0.4, 0.5) is 10.5 Å². The highest BCUT2D eigenvalue weighted by molar-refractivity contribution is 14.1. The summed E-state index contributed by atoms with van der Waals surface area (Å²) in [5, 5.41) is 0.610. The third kappa shape index (κ3) is 6.46. The summed E-state index contributed by atoms with van der Waals surface area (Å²) in [7, 11) is 3.07. The minimum absolute atomic E-state index is 0.0417. The molecule has 0 atom stereocenters. The topological polar surface area (TPSA) is 95.3 Å². The van der Waals surface area contributed by atoms with Gasteiger partial charge in [0.15, 0.2) is 11.4 Å². The van der Waals surface area contributed by atoms with Crippen LogP contribution < -0.4 is 4.90 Å². The van der Waals surface area contributed by atoms with Crippen LogP contribution in [0.25, 0.3) is 5.65 Å². The molecule has 12 heteroatoms. The molecule has 3 aromatic heterocycles. The number of anilines is 1. The summed E-state index contributed by atoms with van der Waals surface area (Å²) in [5.41, 5.74) is 2.29. The number of aromatic nitrogens is 3. The summed E-state index contributed by atoms with van der Waals surface area (Å²) >= 11 is 15.3. The number of methoxy groups -OCH3 is 1. The van der Waals surface area contributed by atoms with Crippen molar-refractivity contribution in [2.45, 2.75) is 43.8 Å². The number of rotatable bonds is 9. The summed E-state index contributed by atoms with van der Waals surface area (Å²) in [6.07, 6.45) is 2.68. The van der Waals surface area contributed by atoms with Gasteiger partial charge in [0, 0.05) is 37.4 Å². The Kier molecular flexibility index (Phi) is 9.56. The van der Waals surface area contributed by atoms with Crippen LogP contribution in [0.2, 0.25) is 10.2 Å². The van der Waals surface area contributed by atoms with Crippen LogP contribution in [0.5, 0.6) is 0 Å². The number of ketones is 1. The lowest BCUT2D eigenvalue weighted by Gasteiger charge is -2.25. The maximum Gasteiger partial charge on any atom is 0.414 e. The van der Waals surface area contributed by atoms with Crippen LogP contribution in [-0.4, -0.2) is 52.8 Å². The fraction of sp³-hybridized carbons (Fsp3) is 0.417. The fourth-order valence-electron chi connectivity index (χ4n) is 3.43. The second kappa shape index (κ2) is 12.0. The van der Waals surface area contributed by atoms with E-state index in [9.17, 15) is 9.59 Å². The molecule has 0 saturated carbocycles. The Bertz CT molecular complexity index is 1280. The second-order valence-corrected chi connectivity index (χ2v) is 10.4. The Balaban J connectivity index is 2.10. The van der Waals surface area contributed by atoms with E-state index in [4.69, 9.17) is 37.4 Å². The zero-order valence-electron chi connectivity index (χ0n) is 20.6. The fourth-order valence-corrected chi connectivity index (χ4v) is 4.60. The van der Waals surface area contributed by atoms with Gasteiger partial charge >= 0.3 is 6.09 Å². The van der Waals surface area contributed by atoms with Gasteiger partial charge in [-0.3, -0.25) is 19.1 Å². The molecule has 0 spiro atoms. The molecule has 1 amide bonds. The van der Waals surface area contributed by atoms with E-state index in [-0.39, 0.29) is 36.5 Å². The minimum atomic E-state index is -0.691. The van der Waals surface area contributed by atoms with Gasteiger partial charge in [0.2, 0.25) is 0 Å². The van der Waals surface area contributed by atoms with E-state index < -0.39 is 11.7 Å². The summed E-state index contributed by atoms with van der Waals surface area (Å²) in [5.74, 6) is -0.227. The number of carbonyl (C=O) groups excluding carboxylic acids is 2. The maximum absolute atomic E-state index is 13.5. The number of halogens is 3. The van der Waals surface area contributed by atoms with E-state index in [1.165, 1.54) is 22.6 Å². The molecule has 0 aliphatic carbocycles. The first-order valence-electron chi connectivity index (χ1n) is 10.9. The average Bonchev–Trinajstić information content (AvgIpc) is 3.14. The first-order chi connectivity index (χ1) is 17.0. The van der Waals surface area contributed by atoms with Crippen molar-refractivity contribution in [3.05, 3.63) is 57.2 Å². The average molecular weight is 649 g/mol. The summed E-state index contributed by atoms with van der Waals surface area (Å²) in [6, 6.07) is 3.25. The van der Waals surface area contributed by atoms with Crippen molar-refractivity contribution in [1.29, 1.82) is 0 Å². The number of hydrogen-bond acceptors (Lipinski definition) is 7. The summed E-state index contributed by atoms with van der Waals surface area (Å²) in [4.78, 5) is 36.3. The van der Waals surface area contributed by atoms with Crippen molar-refractivity contribution < 1.29 is 23.8 Å². The van der Waals surface area contributed by atoms with Gasteiger partial charge in [-0.05, 0) is 44.0 Å². The molecule has 0 saturated heterocycles. The predicted octanol–water partition coefficient (Wildman–Crippen LogP) is 5.89. The largest absolute Gasteiger partial charge is 0.443 e. The SMILES string of the molecule is COCOCc1nc2c(N(C)C(=O)OC(C)(C)C)ccc(C(=O)Cc3c(Cl)cncc3CI)n2c1Cl. The maximum atomic E-state index is 13.5. The van der Waals surface area contributed by atoms with Gasteiger partial charge in [-0.2, -0.15) is 0 Å². The standard InChI is InChI=1S/C24H27Cl2IN4O5/c1-24(2,3)36-23(33)30(4)19-7-6-18(20(32)8-15-14(9-27)10-28-11-16(15)25)31-21(26)17(29-22(19)31)12-35-13-34-5/h6-7,10-11H,8-9,12-13H2,1-5H3. The van der Waals surface area contributed by atoms with Crippen molar-refractivity contribution in [3.63, 3.8) is 0 Å². The number of imidazole rings is 1. The lowest BCUT2D eigenvalue weighted by Crippen LogP contribution is -2.34. The van der Waals surface area contributed by atoms with Crippen LogP contribution in [0.15, 0.2) is 24.5 Å². The molecule has 194 valence electrons. The molecule has 3 heterocycles. The Morgan fingerprint density at radius 3 is 2.56 bits per heavy atom. The first-order valence-corrected chi connectivity index (χ1v) is 13.2. The first kappa shape index (κ1) is 28.6. The number of pyridine rings is 2. The Morgan fingerprint density at radius 1 is 1.19 bits per heavy atom. The molecule has 3 rings (SSSR count). The third-order valence-corrected chi connectivity index (χ3v) is 6.62. The van der Waals surface area contributed by atoms with Gasteiger partial charge in [0.25, 0.3) is 0 Å². The highest BCUT2D eigenvalue weighted by Gasteiger charge is 2.26. The summed E-state index contributed by atoms with van der Waals surface area (Å²) in [6.45, 7) is 5.43. The van der Waals surface area contributed by atoms with Crippen molar-refractivity contribution in [2.75, 3.05) is 25.9 Å². The number of nitrogens with zero attached hydrogens (tertiary/aromatic N) is 4. The minimum Gasteiger partial charge on any atom is -0.443 e. The van der Waals surface area contributed by atoms with E-state index in [0.29, 0.717) is 32.0 Å². The quantitative estimate of drug-likeness (QED) is 0.0939. The predicted molar refractivity (Wildman–Crippen MR) is 147 cm³/mol.